The Morgan fingerprint density at radius 1 is 1.21 bits per heavy atom. The summed E-state index contributed by atoms with van der Waals surface area (Å²) in [5.41, 5.74) is 2.99. The van der Waals surface area contributed by atoms with Gasteiger partial charge in [0.05, 0.1) is 30.6 Å². The zero-order chi connectivity index (χ0) is 19.3. The average Bonchev–Trinajstić information content (AvgIpc) is 3.18. The van der Waals surface area contributed by atoms with E-state index in [9.17, 15) is 4.79 Å². The molecule has 4 rings (SSSR count). The maximum atomic E-state index is 12.1. The fourth-order valence-corrected chi connectivity index (χ4v) is 3.36. The molecule has 0 aliphatic carbocycles. The van der Waals surface area contributed by atoms with Gasteiger partial charge in [-0.1, -0.05) is 30.3 Å². The van der Waals surface area contributed by atoms with Gasteiger partial charge < -0.3 is 14.8 Å². The Labute approximate surface area is 163 Å². The third-order valence-corrected chi connectivity index (χ3v) is 4.86. The van der Waals surface area contributed by atoms with Crippen molar-refractivity contribution in [3.05, 3.63) is 60.6 Å². The van der Waals surface area contributed by atoms with Crippen molar-refractivity contribution < 1.29 is 14.3 Å². The molecule has 1 aliphatic rings. The van der Waals surface area contributed by atoms with Crippen LogP contribution < -0.4 is 5.32 Å². The van der Waals surface area contributed by atoms with Crippen LogP contribution in [-0.4, -0.2) is 41.1 Å². The van der Waals surface area contributed by atoms with Gasteiger partial charge in [-0.05, 0) is 24.5 Å². The summed E-state index contributed by atoms with van der Waals surface area (Å²) >= 11 is 0. The largest absolute Gasteiger partial charge is 0.465 e. The lowest BCUT2D eigenvalue weighted by Gasteiger charge is -2.22. The van der Waals surface area contributed by atoms with Crippen molar-refractivity contribution >= 4 is 17.5 Å². The van der Waals surface area contributed by atoms with Gasteiger partial charge in [0, 0.05) is 31.2 Å². The lowest BCUT2D eigenvalue weighted by molar-refractivity contribution is 0.0601. The van der Waals surface area contributed by atoms with Crippen molar-refractivity contribution in [3.8, 4) is 11.1 Å². The first-order valence-electron chi connectivity index (χ1n) is 9.28. The minimum Gasteiger partial charge on any atom is -0.465 e. The van der Waals surface area contributed by atoms with Gasteiger partial charge in [0.25, 0.3) is 0 Å². The molecule has 1 saturated heterocycles. The molecule has 3 heterocycles. The maximum absolute atomic E-state index is 12.1. The van der Waals surface area contributed by atoms with Crippen LogP contribution in [0.3, 0.4) is 0 Å². The molecule has 28 heavy (non-hydrogen) atoms. The van der Waals surface area contributed by atoms with E-state index in [-0.39, 0.29) is 0 Å². The number of benzene rings is 1. The highest BCUT2D eigenvalue weighted by Gasteiger charge is 2.21. The Kier molecular flexibility index (Phi) is 5.34. The molecular weight excluding hydrogens is 356 g/mol. The second-order valence-electron chi connectivity index (χ2n) is 6.62. The molecule has 144 valence electrons. The first kappa shape index (κ1) is 18.2. The Hall–Kier alpha value is -3.19. The zero-order valence-electron chi connectivity index (χ0n) is 15.7. The van der Waals surface area contributed by atoms with E-state index in [1.165, 1.54) is 7.11 Å². The van der Waals surface area contributed by atoms with E-state index in [1.807, 2.05) is 35.0 Å². The quantitative estimate of drug-likeness (QED) is 0.680. The van der Waals surface area contributed by atoms with Crippen LogP contribution in [0.5, 0.6) is 0 Å². The number of hydrogen-bond acceptors (Lipinski definition) is 6. The van der Waals surface area contributed by atoms with Gasteiger partial charge >= 0.3 is 5.97 Å². The minimum atomic E-state index is -0.421. The normalized spacial score (nSPS) is 14.6. The van der Waals surface area contributed by atoms with Crippen LogP contribution >= 0.6 is 0 Å². The van der Waals surface area contributed by atoms with Gasteiger partial charge in [0.15, 0.2) is 5.82 Å². The van der Waals surface area contributed by atoms with Crippen molar-refractivity contribution in [2.24, 2.45) is 0 Å². The lowest BCUT2D eigenvalue weighted by Crippen LogP contribution is -2.20. The van der Waals surface area contributed by atoms with E-state index < -0.39 is 5.97 Å². The first-order chi connectivity index (χ1) is 13.8. The Morgan fingerprint density at radius 2 is 2.00 bits per heavy atom. The molecule has 0 saturated carbocycles. The summed E-state index contributed by atoms with van der Waals surface area (Å²) in [6.45, 7) is 1.48. The number of nitrogens with zero attached hydrogens (tertiary/aromatic N) is 3. The summed E-state index contributed by atoms with van der Waals surface area (Å²) in [7, 11) is 1.36. The van der Waals surface area contributed by atoms with E-state index in [1.54, 1.807) is 18.5 Å². The highest BCUT2D eigenvalue weighted by Crippen LogP contribution is 2.33. The Bertz CT molecular complexity index is 949. The number of pyridine rings is 1. The van der Waals surface area contributed by atoms with Crippen molar-refractivity contribution in [1.29, 1.82) is 0 Å². The number of rotatable bonds is 5. The molecule has 1 aliphatic heterocycles. The van der Waals surface area contributed by atoms with Gasteiger partial charge in [-0.15, -0.1) is 0 Å². The smallest absolute Gasteiger partial charge is 0.340 e. The Balaban J connectivity index is 1.73. The standard InChI is InChI=1S/C21H22N4O3/c1-27-21(26)17-7-10-22-13-19(17)23-20-18(15-5-3-2-4-6-15)14-25(24-20)16-8-11-28-12-9-16/h2-7,10,13-14,16H,8-9,11-12H2,1H3,(H,23,24). The summed E-state index contributed by atoms with van der Waals surface area (Å²) in [5.74, 6) is 0.255. The molecule has 2 aromatic heterocycles. The number of carbonyl (C=O) groups is 1. The van der Waals surface area contributed by atoms with E-state index in [4.69, 9.17) is 14.6 Å². The van der Waals surface area contributed by atoms with E-state index in [0.717, 1.165) is 37.2 Å². The van der Waals surface area contributed by atoms with E-state index in [0.29, 0.717) is 23.1 Å². The zero-order valence-corrected chi connectivity index (χ0v) is 15.7. The first-order valence-corrected chi connectivity index (χ1v) is 9.28. The van der Waals surface area contributed by atoms with Crippen LogP contribution in [0.15, 0.2) is 55.0 Å². The van der Waals surface area contributed by atoms with Crippen molar-refractivity contribution in [2.45, 2.75) is 18.9 Å². The minimum absolute atomic E-state index is 0.292. The van der Waals surface area contributed by atoms with Crippen LogP contribution in [0.1, 0.15) is 29.2 Å². The number of hydrogen-bond donors (Lipinski definition) is 1. The molecular formula is C21H22N4O3. The molecule has 7 heteroatoms. The molecule has 1 fully saturated rings. The van der Waals surface area contributed by atoms with Gasteiger partial charge in [-0.25, -0.2) is 4.79 Å². The second-order valence-corrected chi connectivity index (χ2v) is 6.62. The predicted molar refractivity (Wildman–Crippen MR) is 106 cm³/mol. The molecule has 0 bridgehead atoms. The van der Waals surface area contributed by atoms with Gasteiger partial charge in [-0.2, -0.15) is 5.10 Å². The third-order valence-electron chi connectivity index (χ3n) is 4.86. The molecule has 0 radical (unpaired) electrons. The molecule has 0 spiro atoms. The number of aromatic nitrogens is 3. The summed E-state index contributed by atoms with van der Waals surface area (Å²) < 4.78 is 12.4. The van der Waals surface area contributed by atoms with Crippen molar-refractivity contribution in [3.63, 3.8) is 0 Å². The average molecular weight is 378 g/mol. The highest BCUT2D eigenvalue weighted by molar-refractivity contribution is 5.96. The van der Waals surface area contributed by atoms with Crippen LogP contribution in [0.2, 0.25) is 0 Å². The summed E-state index contributed by atoms with van der Waals surface area (Å²) in [6, 6.07) is 12.0. The fourth-order valence-electron chi connectivity index (χ4n) is 3.36. The number of carbonyl (C=O) groups excluding carboxylic acids is 1. The second kappa shape index (κ2) is 8.22. The van der Waals surface area contributed by atoms with Crippen LogP contribution in [0, 0.1) is 0 Å². The van der Waals surface area contributed by atoms with E-state index >= 15 is 0 Å². The maximum Gasteiger partial charge on any atom is 0.340 e. The highest BCUT2D eigenvalue weighted by atomic mass is 16.5. The van der Waals surface area contributed by atoms with Gasteiger partial charge in [0.2, 0.25) is 0 Å². The van der Waals surface area contributed by atoms with Crippen molar-refractivity contribution in [2.75, 3.05) is 25.6 Å². The number of nitrogens with one attached hydrogen (secondary N) is 1. The molecule has 0 atom stereocenters. The molecule has 1 N–H and O–H groups in total. The van der Waals surface area contributed by atoms with Crippen LogP contribution in [0.4, 0.5) is 11.5 Å². The summed E-state index contributed by atoms with van der Waals surface area (Å²) in [6.07, 6.45) is 7.08. The predicted octanol–water partition coefficient (Wildman–Crippen LogP) is 3.83. The molecule has 3 aromatic rings. The van der Waals surface area contributed by atoms with Gasteiger partial charge in [-0.3, -0.25) is 9.67 Å². The van der Waals surface area contributed by atoms with E-state index in [2.05, 4.69) is 16.5 Å². The van der Waals surface area contributed by atoms with Crippen LogP contribution in [-0.2, 0) is 9.47 Å². The molecule has 7 nitrogen and oxygen atoms in total. The van der Waals surface area contributed by atoms with Gasteiger partial charge in [0.1, 0.15) is 0 Å². The topological polar surface area (TPSA) is 78.3 Å². The number of esters is 1. The molecule has 0 unspecified atom stereocenters. The van der Waals surface area contributed by atoms with Crippen molar-refractivity contribution in [1.82, 2.24) is 14.8 Å². The number of methoxy groups -OCH3 is 1. The Morgan fingerprint density at radius 3 is 2.75 bits per heavy atom. The number of ether oxygens (including phenoxy) is 2. The molecule has 1 aromatic carbocycles. The summed E-state index contributed by atoms with van der Waals surface area (Å²) in [5, 5.41) is 8.09. The monoisotopic (exact) mass is 378 g/mol. The summed E-state index contributed by atoms with van der Waals surface area (Å²) in [4.78, 5) is 16.2. The SMILES string of the molecule is COC(=O)c1ccncc1Nc1nn(C2CCOCC2)cc1-c1ccccc1. The molecule has 0 amide bonds. The lowest BCUT2D eigenvalue weighted by atomic mass is 10.1. The number of anilines is 2. The third kappa shape index (κ3) is 3.75. The van der Waals surface area contributed by atoms with Crippen LogP contribution in [0.25, 0.3) is 11.1 Å². The fraction of sp³-hybridized carbons (Fsp3) is 0.286.